The molecule has 2 aromatic rings. The molecule has 1 aliphatic rings. The monoisotopic (exact) mass is 383 g/mol. The summed E-state index contributed by atoms with van der Waals surface area (Å²) >= 11 is 0. The number of ether oxygens (including phenoxy) is 1. The fourth-order valence-corrected chi connectivity index (χ4v) is 3.90. The van der Waals surface area contributed by atoms with Crippen LogP contribution in [0.4, 0.5) is 0 Å². The van der Waals surface area contributed by atoms with Crippen LogP contribution in [0.15, 0.2) is 60.7 Å². The van der Waals surface area contributed by atoms with Gasteiger partial charge in [-0.3, -0.25) is 0 Å². The van der Waals surface area contributed by atoms with Crippen LogP contribution in [0.25, 0.3) is 0 Å². The average Bonchev–Trinajstić information content (AvgIpc) is 2.67. The smallest absolute Gasteiger partial charge is 0.357 e. The first-order valence-corrected chi connectivity index (χ1v) is 9.36. The third-order valence-electron chi connectivity index (χ3n) is 4.78. The van der Waals surface area contributed by atoms with Gasteiger partial charge in [-0.15, -0.1) is 5.06 Å². The number of carbonyl (C=O) groups is 2. The molecule has 0 spiro atoms. The fraction of sp³-hybridized carbons (Fsp3) is 0.391. The molecule has 5 heteroatoms. The van der Waals surface area contributed by atoms with E-state index in [0.29, 0.717) is 5.56 Å². The molecular formula is C23H29NO4. The lowest BCUT2D eigenvalue weighted by atomic mass is 9.80. The zero-order valence-electron chi connectivity index (χ0n) is 17.1. The normalized spacial score (nSPS) is 18.4. The summed E-state index contributed by atoms with van der Waals surface area (Å²) in [6, 6.07) is 19.0. The van der Waals surface area contributed by atoms with Gasteiger partial charge in [0.1, 0.15) is 18.6 Å². The van der Waals surface area contributed by atoms with E-state index in [4.69, 9.17) is 14.4 Å². The van der Waals surface area contributed by atoms with Crippen molar-refractivity contribution in [2.45, 2.75) is 57.7 Å². The topological polar surface area (TPSA) is 55.8 Å². The van der Waals surface area contributed by atoms with E-state index in [-0.39, 0.29) is 23.2 Å². The Hall–Kier alpha value is -2.66. The van der Waals surface area contributed by atoms with E-state index in [1.54, 1.807) is 12.1 Å². The predicted octanol–water partition coefficient (Wildman–Crippen LogP) is 4.67. The number of benzene rings is 2. The van der Waals surface area contributed by atoms with E-state index >= 15 is 0 Å². The third-order valence-corrected chi connectivity index (χ3v) is 4.78. The minimum atomic E-state index is -0.342. The lowest BCUT2D eigenvalue weighted by Crippen LogP contribution is -2.62. The maximum atomic E-state index is 12.6. The summed E-state index contributed by atoms with van der Waals surface area (Å²) in [5.41, 5.74) is -0.126. The average molecular weight is 383 g/mol. The van der Waals surface area contributed by atoms with E-state index < -0.39 is 0 Å². The Kier molecular flexibility index (Phi) is 6.97. The number of piperidine rings is 1. The summed E-state index contributed by atoms with van der Waals surface area (Å²) in [4.78, 5) is 26.4. The molecule has 5 nitrogen and oxygen atoms in total. The molecule has 0 unspecified atom stereocenters. The predicted molar refractivity (Wildman–Crippen MR) is 109 cm³/mol. The Morgan fingerprint density at radius 3 is 1.86 bits per heavy atom. The van der Waals surface area contributed by atoms with Crippen molar-refractivity contribution in [1.82, 2.24) is 5.06 Å². The Balaban J connectivity index is 0.00000136. The van der Waals surface area contributed by atoms with Crippen molar-refractivity contribution in [2.24, 2.45) is 0 Å². The van der Waals surface area contributed by atoms with E-state index in [9.17, 15) is 4.79 Å². The van der Waals surface area contributed by atoms with Gasteiger partial charge in [0.15, 0.2) is 0 Å². The van der Waals surface area contributed by atoms with Crippen molar-refractivity contribution in [3.63, 3.8) is 0 Å². The Morgan fingerprint density at radius 1 is 0.893 bits per heavy atom. The van der Waals surface area contributed by atoms with Gasteiger partial charge in [0.05, 0.1) is 16.6 Å². The van der Waals surface area contributed by atoms with Crippen LogP contribution in [0.1, 0.15) is 50.9 Å². The maximum absolute atomic E-state index is 12.6. The minimum absolute atomic E-state index is 0.0640. The maximum Gasteiger partial charge on any atom is 0.357 e. The first-order chi connectivity index (χ1) is 13.3. The second kappa shape index (κ2) is 9.02. The molecule has 0 N–H and O–H groups in total. The molecule has 28 heavy (non-hydrogen) atoms. The highest BCUT2D eigenvalue weighted by atomic mass is 16.7. The summed E-state index contributed by atoms with van der Waals surface area (Å²) in [6.45, 7) is 10.4. The number of para-hydroxylation sites is 1. The van der Waals surface area contributed by atoms with Gasteiger partial charge in [0.2, 0.25) is 0 Å². The van der Waals surface area contributed by atoms with Crippen LogP contribution < -0.4 is 4.74 Å². The lowest BCUT2D eigenvalue weighted by molar-refractivity contribution is -0.253. The molecule has 2 aromatic carbocycles. The molecular weight excluding hydrogens is 354 g/mol. The van der Waals surface area contributed by atoms with Gasteiger partial charge < -0.3 is 14.4 Å². The number of hydrogen-bond acceptors (Lipinski definition) is 5. The summed E-state index contributed by atoms with van der Waals surface area (Å²) in [5.74, 6) is 0.549. The molecule has 1 heterocycles. The third kappa shape index (κ3) is 5.20. The highest BCUT2D eigenvalue weighted by molar-refractivity contribution is 5.89. The first kappa shape index (κ1) is 21.6. The van der Waals surface area contributed by atoms with E-state index in [0.717, 1.165) is 18.6 Å². The van der Waals surface area contributed by atoms with E-state index in [1.807, 2.05) is 60.4 Å². The van der Waals surface area contributed by atoms with Crippen molar-refractivity contribution < 1.29 is 19.2 Å². The van der Waals surface area contributed by atoms with Gasteiger partial charge in [-0.2, -0.15) is 0 Å². The van der Waals surface area contributed by atoms with Gasteiger partial charge in [0, 0.05) is 12.8 Å². The molecule has 1 saturated heterocycles. The zero-order valence-corrected chi connectivity index (χ0v) is 17.1. The Labute approximate surface area is 167 Å². The summed E-state index contributed by atoms with van der Waals surface area (Å²) in [5, 5.41) is 1.85. The molecule has 0 aliphatic carbocycles. The van der Waals surface area contributed by atoms with Gasteiger partial charge in [-0.05, 0) is 52.0 Å². The van der Waals surface area contributed by atoms with Crippen molar-refractivity contribution in [1.29, 1.82) is 0 Å². The minimum Gasteiger partial charge on any atom is -0.490 e. The van der Waals surface area contributed by atoms with Gasteiger partial charge >= 0.3 is 5.97 Å². The molecule has 0 atom stereocenters. The molecule has 0 radical (unpaired) electrons. The SMILES string of the molecule is C=O.CC1(C)CC(Oc2ccccc2)CC(C)(C)N1OC(=O)c1ccccc1. The van der Waals surface area contributed by atoms with E-state index in [2.05, 4.69) is 27.7 Å². The van der Waals surface area contributed by atoms with Crippen LogP contribution in [0, 0.1) is 0 Å². The van der Waals surface area contributed by atoms with Crippen molar-refractivity contribution >= 4 is 12.8 Å². The van der Waals surface area contributed by atoms with Gasteiger partial charge in [0.25, 0.3) is 0 Å². The fourth-order valence-electron chi connectivity index (χ4n) is 3.90. The second-order valence-electron chi connectivity index (χ2n) is 8.13. The first-order valence-electron chi connectivity index (χ1n) is 9.36. The van der Waals surface area contributed by atoms with Gasteiger partial charge in [-0.25, -0.2) is 4.79 Å². The number of hydrogen-bond donors (Lipinski definition) is 0. The zero-order chi connectivity index (χ0) is 20.8. The van der Waals surface area contributed by atoms with Crippen molar-refractivity contribution in [2.75, 3.05) is 0 Å². The molecule has 1 aliphatic heterocycles. The molecule has 1 fully saturated rings. The van der Waals surface area contributed by atoms with Crippen molar-refractivity contribution in [3.8, 4) is 5.75 Å². The molecule has 0 amide bonds. The summed E-state index contributed by atoms with van der Waals surface area (Å²) in [6.07, 6.45) is 1.61. The van der Waals surface area contributed by atoms with Crippen LogP contribution in [-0.2, 0) is 9.63 Å². The van der Waals surface area contributed by atoms with Crippen LogP contribution >= 0.6 is 0 Å². The highest BCUT2D eigenvalue weighted by Crippen LogP contribution is 2.40. The number of carbonyl (C=O) groups excluding carboxylic acids is 2. The van der Waals surface area contributed by atoms with Crippen LogP contribution in [0.5, 0.6) is 5.75 Å². The van der Waals surface area contributed by atoms with Crippen LogP contribution in [-0.4, -0.2) is 35.0 Å². The molecule has 150 valence electrons. The number of nitrogens with zero attached hydrogens (tertiary/aromatic N) is 1. The molecule has 0 bridgehead atoms. The lowest BCUT2D eigenvalue weighted by Gasteiger charge is -2.52. The van der Waals surface area contributed by atoms with Crippen LogP contribution in [0.2, 0.25) is 0 Å². The summed E-state index contributed by atoms with van der Waals surface area (Å²) in [7, 11) is 0. The quantitative estimate of drug-likeness (QED) is 0.768. The highest BCUT2D eigenvalue weighted by Gasteiger charge is 2.49. The molecule has 3 rings (SSSR count). The summed E-state index contributed by atoms with van der Waals surface area (Å²) < 4.78 is 6.20. The Morgan fingerprint density at radius 2 is 1.36 bits per heavy atom. The largest absolute Gasteiger partial charge is 0.490 e. The van der Waals surface area contributed by atoms with Gasteiger partial charge in [-0.1, -0.05) is 36.4 Å². The molecule has 0 saturated carbocycles. The van der Waals surface area contributed by atoms with Crippen LogP contribution in [0.3, 0.4) is 0 Å². The Bertz CT molecular complexity index is 741. The standard InChI is InChI=1S/C22H27NO3.CH2O/c1-21(2)15-19(25-18-13-9-6-10-14-18)16-22(3,4)23(21)26-20(24)17-11-7-5-8-12-17;1-2/h5-14,19H,15-16H2,1-4H3;1H2. The van der Waals surface area contributed by atoms with Crippen molar-refractivity contribution in [3.05, 3.63) is 66.2 Å². The number of hydroxylamine groups is 2. The second-order valence-corrected chi connectivity index (χ2v) is 8.13. The van der Waals surface area contributed by atoms with E-state index in [1.165, 1.54) is 0 Å². The number of rotatable bonds is 4. The molecule has 0 aromatic heterocycles.